The van der Waals surface area contributed by atoms with Crippen LogP contribution in [0.25, 0.3) is 0 Å². The van der Waals surface area contributed by atoms with Crippen molar-refractivity contribution < 1.29 is 14.4 Å². The van der Waals surface area contributed by atoms with Gasteiger partial charge in [-0.05, 0) is 54.9 Å². The Labute approximate surface area is 187 Å². The largest absolute Gasteiger partial charge is 0.395 e. The number of hydrogen-bond donors (Lipinski definition) is 3. The summed E-state index contributed by atoms with van der Waals surface area (Å²) in [5, 5.41) is 2.96. The Bertz CT molecular complexity index is 941. The van der Waals surface area contributed by atoms with Gasteiger partial charge in [-0.2, -0.15) is 4.37 Å². The van der Waals surface area contributed by atoms with E-state index in [0.29, 0.717) is 31.0 Å². The zero-order valence-electron chi connectivity index (χ0n) is 18.5. The fraction of sp³-hybridized carbons (Fsp3) is 0.455. The minimum atomic E-state index is -0.800. The van der Waals surface area contributed by atoms with E-state index >= 15 is 0 Å². The van der Waals surface area contributed by atoms with Gasteiger partial charge in [-0.3, -0.25) is 19.3 Å². The van der Waals surface area contributed by atoms with Crippen LogP contribution in [0.5, 0.6) is 0 Å². The van der Waals surface area contributed by atoms with Crippen LogP contribution in [0.3, 0.4) is 0 Å². The number of nitrogens with one attached hydrogen (secondary N) is 1. The summed E-state index contributed by atoms with van der Waals surface area (Å²) in [5.74, 6) is -1.06. The van der Waals surface area contributed by atoms with Gasteiger partial charge in [0.25, 0.3) is 11.8 Å². The van der Waals surface area contributed by atoms with Crippen molar-refractivity contribution in [1.29, 1.82) is 0 Å². The monoisotopic (exact) mass is 445 g/mol. The fourth-order valence-electron chi connectivity index (χ4n) is 3.21. The number of hydrogen-bond acceptors (Lipinski definition) is 6. The zero-order chi connectivity index (χ0) is 23.1. The molecular weight excluding hydrogens is 414 g/mol. The van der Waals surface area contributed by atoms with Crippen LogP contribution in [-0.2, 0) is 4.79 Å². The standard InChI is InChI=1S/C22H31N5O3S/c1-5-7-16(21(29)25-11-10-13(2)3)27(15-9-6-8-14(4)12-15)22(30)19-17(23)18(20(24)28)26-31-19/h6,8-9,12-13,16H,5,7,10-11,23H2,1-4H3,(H2,24,28)(H,25,29). The summed E-state index contributed by atoms with van der Waals surface area (Å²) < 4.78 is 3.94. The van der Waals surface area contributed by atoms with Gasteiger partial charge in [0.1, 0.15) is 10.9 Å². The van der Waals surface area contributed by atoms with E-state index in [-0.39, 0.29) is 22.2 Å². The van der Waals surface area contributed by atoms with E-state index in [1.54, 1.807) is 6.07 Å². The second-order valence-electron chi connectivity index (χ2n) is 7.93. The third kappa shape index (κ3) is 6.04. The van der Waals surface area contributed by atoms with Crippen LogP contribution in [0.1, 0.15) is 65.8 Å². The summed E-state index contributed by atoms with van der Waals surface area (Å²) >= 11 is 0.810. The Morgan fingerprint density at radius 3 is 2.48 bits per heavy atom. The molecule has 1 unspecified atom stereocenters. The van der Waals surface area contributed by atoms with Crippen molar-refractivity contribution in [2.75, 3.05) is 17.2 Å². The summed E-state index contributed by atoms with van der Waals surface area (Å²) in [6.45, 7) is 8.57. The average Bonchev–Trinajstić information content (AvgIpc) is 3.08. The van der Waals surface area contributed by atoms with Crippen molar-refractivity contribution in [3.8, 4) is 0 Å². The molecule has 1 aromatic heterocycles. The van der Waals surface area contributed by atoms with Gasteiger partial charge in [-0.25, -0.2) is 0 Å². The Morgan fingerprint density at radius 2 is 1.94 bits per heavy atom. The SMILES string of the molecule is CCCC(C(=O)NCCC(C)C)N(C(=O)c1snc(C(N)=O)c1N)c1cccc(C)c1. The van der Waals surface area contributed by atoms with E-state index in [0.717, 1.165) is 23.5 Å². The summed E-state index contributed by atoms with van der Waals surface area (Å²) in [6.07, 6.45) is 2.00. The number of benzene rings is 1. The van der Waals surface area contributed by atoms with Crippen LogP contribution in [0.2, 0.25) is 0 Å². The molecule has 0 aliphatic heterocycles. The lowest BCUT2D eigenvalue weighted by atomic mass is 10.1. The van der Waals surface area contributed by atoms with E-state index < -0.39 is 17.9 Å². The van der Waals surface area contributed by atoms with Crippen molar-refractivity contribution in [3.63, 3.8) is 0 Å². The topological polar surface area (TPSA) is 131 Å². The van der Waals surface area contributed by atoms with Gasteiger partial charge in [-0.15, -0.1) is 0 Å². The number of carbonyl (C=O) groups excluding carboxylic acids is 3. The first-order valence-electron chi connectivity index (χ1n) is 10.4. The van der Waals surface area contributed by atoms with Gasteiger partial charge in [0.15, 0.2) is 5.69 Å². The highest BCUT2D eigenvalue weighted by Crippen LogP contribution is 2.29. The second-order valence-corrected chi connectivity index (χ2v) is 8.70. The van der Waals surface area contributed by atoms with Crippen molar-refractivity contribution in [2.24, 2.45) is 11.7 Å². The molecule has 0 spiro atoms. The summed E-state index contributed by atoms with van der Waals surface area (Å²) in [7, 11) is 0. The first-order chi connectivity index (χ1) is 14.7. The molecule has 2 rings (SSSR count). The third-order valence-electron chi connectivity index (χ3n) is 4.85. The van der Waals surface area contributed by atoms with E-state index in [9.17, 15) is 14.4 Å². The second kappa shape index (κ2) is 10.9. The normalized spacial score (nSPS) is 11.9. The maximum Gasteiger partial charge on any atom is 0.272 e. The maximum atomic E-state index is 13.6. The molecule has 0 saturated carbocycles. The smallest absolute Gasteiger partial charge is 0.272 e. The number of nitrogens with two attached hydrogens (primary N) is 2. The summed E-state index contributed by atoms with van der Waals surface area (Å²) in [5.41, 5.74) is 12.7. The van der Waals surface area contributed by atoms with Gasteiger partial charge in [0.2, 0.25) is 5.91 Å². The van der Waals surface area contributed by atoms with Gasteiger partial charge < -0.3 is 16.8 Å². The number of aryl methyl sites for hydroxylation is 1. The Balaban J connectivity index is 2.49. The first kappa shape index (κ1) is 24.3. The molecule has 0 bridgehead atoms. The van der Waals surface area contributed by atoms with Gasteiger partial charge >= 0.3 is 0 Å². The third-order valence-corrected chi connectivity index (χ3v) is 5.70. The van der Waals surface area contributed by atoms with Gasteiger partial charge in [0, 0.05) is 12.2 Å². The predicted molar refractivity (Wildman–Crippen MR) is 124 cm³/mol. The molecule has 8 nitrogen and oxygen atoms in total. The van der Waals surface area contributed by atoms with E-state index in [1.165, 1.54) is 4.90 Å². The van der Waals surface area contributed by atoms with E-state index in [4.69, 9.17) is 11.5 Å². The molecule has 0 saturated heterocycles. The number of primary amides is 1. The molecule has 2 aromatic rings. The van der Waals surface area contributed by atoms with Crippen molar-refractivity contribution in [3.05, 3.63) is 40.4 Å². The van der Waals surface area contributed by atoms with Gasteiger partial charge in [-0.1, -0.05) is 39.3 Å². The lowest BCUT2D eigenvalue weighted by Gasteiger charge is -2.31. The molecule has 1 atom stereocenters. The Kier molecular flexibility index (Phi) is 8.56. The first-order valence-corrected chi connectivity index (χ1v) is 11.2. The number of carbonyl (C=O) groups is 3. The molecule has 31 heavy (non-hydrogen) atoms. The Hall–Kier alpha value is -2.94. The van der Waals surface area contributed by atoms with Crippen LogP contribution in [0.15, 0.2) is 24.3 Å². The molecule has 0 aliphatic carbocycles. The van der Waals surface area contributed by atoms with Crippen molar-refractivity contribution >= 4 is 40.6 Å². The van der Waals surface area contributed by atoms with E-state index in [1.807, 2.05) is 32.0 Å². The molecular formula is C22H31N5O3S. The van der Waals surface area contributed by atoms with Gasteiger partial charge in [0.05, 0.1) is 5.69 Å². The molecule has 0 aliphatic rings. The molecule has 0 fully saturated rings. The maximum absolute atomic E-state index is 13.6. The Morgan fingerprint density at radius 1 is 1.23 bits per heavy atom. The number of amides is 3. The minimum Gasteiger partial charge on any atom is -0.395 e. The number of nitrogen functional groups attached to an aromatic ring is 1. The highest BCUT2D eigenvalue weighted by atomic mass is 32.1. The predicted octanol–water partition coefficient (Wildman–Crippen LogP) is 3.11. The lowest BCUT2D eigenvalue weighted by Crippen LogP contribution is -2.50. The zero-order valence-corrected chi connectivity index (χ0v) is 19.3. The molecule has 3 amide bonds. The van der Waals surface area contributed by atoms with Crippen LogP contribution in [-0.4, -0.2) is 34.7 Å². The van der Waals surface area contributed by atoms with Crippen LogP contribution in [0.4, 0.5) is 11.4 Å². The molecule has 0 radical (unpaired) electrons. The van der Waals surface area contributed by atoms with Crippen LogP contribution in [0, 0.1) is 12.8 Å². The van der Waals surface area contributed by atoms with E-state index in [2.05, 4.69) is 23.5 Å². The lowest BCUT2D eigenvalue weighted by molar-refractivity contribution is -0.122. The molecule has 168 valence electrons. The number of rotatable bonds is 10. The molecule has 1 aromatic carbocycles. The molecule has 9 heteroatoms. The minimum absolute atomic E-state index is 0.0596. The quantitative estimate of drug-likeness (QED) is 0.517. The summed E-state index contributed by atoms with van der Waals surface area (Å²) in [6, 6.07) is 6.63. The van der Waals surface area contributed by atoms with Crippen molar-refractivity contribution in [2.45, 2.75) is 53.0 Å². The fourth-order valence-corrected chi connectivity index (χ4v) is 3.95. The number of anilines is 2. The number of nitrogens with zero attached hydrogens (tertiary/aromatic N) is 2. The number of aromatic nitrogens is 1. The van der Waals surface area contributed by atoms with Crippen LogP contribution < -0.4 is 21.7 Å². The average molecular weight is 446 g/mol. The molecule has 5 N–H and O–H groups in total. The highest BCUT2D eigenvalue weighted by Gasteiger charge is 2.34. The summed E-state index contributed by atoms with van der Waals surface area (Å²) in [4.78, 5) is 39.8. The highest BCUT2D eigenvalue weighted by molar-refractivity contribution is 7.09. The van der Waals surface area contributed by atoms with Crippen molar-refractivity contribution in [1.82, 2.24) is 9.69 Å². The molecule has 1 heterocycles. The van der Waals surface area contributed by atoms with Crippen LogP contribution >= 0.6 is 11.5 Å².